The van der Waals surface area contributed by atoms with E-state index >= 15 is 0 Å². The molecular formula is C22H30N5O6PS. The SMILES string of the molecule is CC(C)(C)C(=O)SCCOP(=O)(COCCn1cnc2c(=O)[nH]c(N)nc21)OCc1ccccc1. The quantitative estimate of drug-likeness (QED) is 0.267. The molecule has 1 aromatic carbocycles. The highest BCUT2D eigenvalue weighted by Crippen LogP contribution is 2.49. The van der Waals surface area contributed by atoms with Crippen molar-refractivity contribution >= 4 is 41.6 Å². The van der Waals surface area contributed by atoms with Gasteiger partial charge in [-0.05, 0) is 5.56 Å². The Labute approximate surface area is 207 Å². The molecule has 0 amide bonds. The van der Waals surface area contributed by atoms with Gasteiger partial charge in [-0.15, -0.1) is 0 Å². The number of thioether (sulfide) groups is 1. The minimum Gasteiger partial charge on any atom is -0.369 e. The van der Waals surface area contributed by atoms with Gasteiger partial charge >= 0.3 is 7.60 Å². The first-order valence-electron chi connectivity index (χ1n) is 10.9. The molecule has 1 atom stereocenters. The fourth-order valence-corrected chi connectivity index (χ4v) is 5.06. The standard InChI is InChI=1S/C22H30N5O6PS/c1-22(2,3)20(29)35-12-11-32-34(30,33-13-16-7-5-4-6-8-16)15-31-10-9-27-14-24-17-18(27)25-21(23)26-19(17)28/h4-8,14H,9-13,15H2,1-3H3,(H3,23,25,26,28). The zero-order valence-electron chi connectivity index (χ0n) is 19.9. The third kappa shape index (κ3) is 8.01. The van der Waals surface area contributed by atoms with Crippen molar-refractivity contribution in [2.24, 2.45) is 5.41 Å². The molecule has 0 aliphatic carbocycles. The van der Waals surface area contributed by atoms with Crippen LogP contribution in [-0.4, -0.2) is 49.9 Å². The molecule has 0 spiro atoms. The number of nitrogens with two attached hydrogens (primary N) is 1. The Kier molecular flexibility index (Phi) is 9.26. The minimum absolute atomic E-state index is 0.0137. The van der Waals surface area contributed by atoms with E-state index in [0.29, 0.717) is 17.9 Å². The van der Waals surface area contributed by atoms with Crippen LogP contribution in [0.15, 0.2) is 41.5 Å². The highest BCUT2D eigenvalue weighted by Gasteiger charge is 2.27. The summed E-state index contributed by atoms with van der Waals surface area (Å²) >= 11 is 1.13. The molecule has 11 nitrogen and oxygen atoms in total. The Hall–Kier alpha value is -2.50. The van der Waals surface area contributed by atoms with Gasteiger partial charge in [0, 0.05) is 17.7 Å². The van der Waals surface area contributed by atoms with Gasteiger partial charge in [-0.2, -0.15) is 4.98 Å². The van der Waals surface area contributed by atoms with Crippen molar-refractivity contribution in [3.05, 3.63) is 52.6 Å². The number of anilines is 1. The van der Waals surface area contributed by atoms with Gasteiger partial charge in [-0.3, -0.25) is 19.1 Å². The molecule has 0 radical (unpaired) electrons. The summed E-state index contributed by atoms with van der Waals surface area (Å²) in [5, 5.41) is 0.0260. The average Bonchev–Trinajstić information content (AvgIpc) is 3.21. The molecule has 0 saturated carbocycles. The second-order valence-electron chi connectivity index (χ2n) is 8.69. The molecular weight excluding hydrogens is 493 g/mol. The second-order valence-corrected chi connectivity index (χ2v) is 11.8. The molecule has 3 rings (SSSR count). The van der Waals surface area contributed by atoms with Crippen LogP contribution in [0, 0.1) is 5.41 Å². The summed E-state index contributed by atoms with van der Waals surface area (Å²) in [5.74, 6) is 0.331. The van der Waals surface area contributed by atoms with Gasteiger partial charge in [0.25, 0.3) is 5.56 Å². The van der Waals surface area contributed by atoms with E-state index in [0.717, 1.165) is 17.3 Å². The summed E-state index contributed by atoms with van der Waals surface area (Å²) in [6.45, 7) is 6.12. The van der Waals surface area contributed by atoms with E-state index in [9.17, 15) is 14.2 Å². The van der Waals surface area contributed by atoms with Crippen LogP contribution in [0.3, 0.4) is 0 Å². The summed E-state index contributed by atoms with van der Waals surface area (Å²) in [7, 11) is -3.62. The fraction of sp³-hybridized carbons (Fsp3) is 0.455. The maximum absolute atomic E-state index is 13.3. The molecule has 3 N–H and O–H groups in total. The first-order valence-corrected chi connectivity index (χ1v) is 13.7. The summed E-state index contributed by atoms with van der Waals surface area (Å²) in [4.78, 5) is 34.5. The summed E-state index contributed by atoms with van der Waals surface area (Å²) in [6, 6.07) is 9.30. The van der Waals surface area contributed by atoms with Crippen LogP contribution >= 0.6 is 19.4 Å². The number of ether oxygens (including phenoxy) is 1. The van der Waals surface area contributed by atoms with Gasteiger partial charge in [-0.25, -0.2) is 4.98 Å². The third-order valence-electron chi connectivity index (χ3n) is 4.71. The van der Waals surface area contributed by atoms with Crippen LogP contribution in [0.25, 0.3) is 11.2 Å². The predicted octanol–water partition coefficient (Wildman–Crippen LogP) is 3.41. The van der Waals surface area contributed by atoms with Gasteiger partial charge in [0.1, 0.15) is 6.35 Å². The molecule has 0 saturated heterocycles. The fourth-order valence-electron chi connectivity index (χ4n) is 2.86. The molecule has 190 valence electrons. The predicted molar refractivity (Wildman–Crippen MR) is 135 cm³/mol. The monoisotopic (exact) mass is 523 g/mol. The zero-order valence-corrected chi connectivity index (χ0v) is 21.6. The molecule has 3 aromatic rings. The maximum atomic E-state index is 13.3. The Morgan fingerprint density at radius 2 is 1.94 bits per heavy atom. The molecule has 13 heteroatoms. The topological polar surface area (TPSA) is 151 Å². The normalized spacial score (nSPS) is 13.7. The lowest BCUT2D eigenvalue weighted by Crippen LogP contribution is -2.17. The molecule has 0 fully saturated rings. The number of nitrogens with one attached hydrogen (secondary N) is 1. The Morgan fingerprint density at radius 1 is 1.20 bits per heavy atom. The molecule has 0 aliphatic rings. The number of carbonyl (C=O) groups excluding carboxylic acids is 1. The number of carbonyl (C=O) groups is 1. The molecule has 2 heterocycles. The van der Waals surface area contributed by atoms with E-state index in [1.807, 2.05) is 51.1 Å². The van der Waals surface area contributed by atoms with Crippen molar-refractivity contribution in [3.63, 3.8) is 0 Å². The summed E-state index contributed by atoms with van der Waals surface area (Å²) in [5.41, 5.74) is 6.05. The van der Waals surface area contributed by atoms with Gasteiger partial charge in [-0.1, -0.05) is 62.9 Å². The molecule has 2 aromatic heterocycles. The smallest absolute Gasteiger partial charge is 0.356 e. The average molecular weight is 524 g/mol. The zero-order chi connectivity index (χ0) is 25.5. The number of benzene rings is 1. The number of rotatable bonds is 12. The number of hydrogen-bond acceptors (Lipinski definition) is 10. The highest BCUT2D eigenvalue weighted by molar-refractivity contribution is 8.13. The largest absolute Gasteiger partial charge is 0.369 e. The summed E-state index contributed by atoms with van der Waals surface area (Å²) < 4.78 is 31.8. The number of nitrogen functional groups attached to an aromatic ring is 1. The number of aromatic amines is 1. The van der Waals surface area contributed by atoms with E-state index < -0.39 is 18.6 Å². The van der Waals surface area contributed by atoms with Crippen molar-refractivity contribution < 1.29 is 23.1 Å². The van der Waals surface area contributed by atoms with E-state index in [2.05, 4.69) is 15.0 Å². The van der Waals surface area contributed by atoms with Crippen LogP contribution in [0.2, 0.25) is 0 Å². The number of H-pyrrole nitrogens is 1. The van der Waals surface area contributed by atoms with E-state index in [4.69, 9.17) is 19.5 Å². The first-order chi connectivity index (χ1) is 16.6. The lowest BCUT2D eigenvalue weighted by molar-refractivity contribution is -0.117. The highest BCUT2D eigenvalue weighted by atomic mass is 32.2. The van der Waals surface area contributed by atoms with Gasteiger partial charge in [0.15, 0.2) is 16.3 Å². The van der Waals surface area contributed by atoms with Crippen LogP contribution in [-0.2, 0) is 36.3 Å². The first kappa shape index (κ1) is 27.1. The van der Waals surface area contributed by atoms with Crippen molar-refractivity contribution in [1.82, 2.24) is 19.5 Å². The van der Waals surface area contributed by atoms with E-state index in [1.165, 1.54) is 6.33 Å². The van der Waals surface area contributed by atoms with Gasteiger partial charge in [0.2, 0.25) is 5.95 Å². The molecule has 0 bridgehead atoms. The van der Waals surface area contributed by atoms with Crippen molar-refractivity contribution in [1.29, 1.82) is 0 Å². The Morgan fingerprint density at radius 3 is 2.66 bits per heavy atom. The second kappa shape index (κ2) is 12.0. The van der Waals surface area contributed by atoms with Crippen molar-refractivity contribution in [2.45, 2.75) is 33.9 Å². The lowest BCUT2D eigenvalue weighted by atomic mass is 10.00. The Balaban J connectivity index is 1.56. The van der Waals surface area contributed by atoms with Crippen molar-refractivity contribution in [3.8, 4) is 0 Å². The van der Waals surface area contributed by atoms with Crippen molar-refractivity contribution in [2.75, 3.05) is 31.0 Å². The summed E-state index contributed by atoms with van der Waals surface area (Å²) in [6.07, 6.45) is 1.18. The lowest BCUT2D eigenvalue weighted by Gasteiger charge is -2.20. The maximum Gasteiger partial charge on any atom is 0.356 e. The molecule has 0 aliphatic heterocycles. The van der Waals surface area contributed by atoms with Crippen LogP contribution in [0.5, 0.6) is 0 Å². The molecule has 1 unspecified atom stereocenters. The number of fused-ring (bicyclic) bond motifs is 1. The van der Waals surface area contributed by atoms with Gasteiger partial charge in [0.05, 0.1) is 26.1 Å². The van der Waals surface area contributed by atoms with Crippen LogP contribution < -0.4 is 11.3 Å². The number of hydrogen-bond donors (Lipinski definition) is 2. The number of imidazole rings is 1. The van der Waals surface area contributed by atoms with Gasteiger partial charge < -0.3 is 24.1 Å². The van der Waals surface area contributed by atoms with Crippen LogP contribution in [0.4, 0.5) is 5.95 Å². The minimum atomic E-state index is -3.62. The molecule has 35 heavy (non-hydrogen) atoms. The van der Waals surface area contributed by atoms with E-state index in [-0.39, 0.29) is 42.7 Å². The van der Waals surface area contributed by atoms with Crippen LogP contribution in [0.1, 0.15) is 26.3 Å². The van der Waals surface area contributed by atoms with E-state index in [1.54, 1.807) is 4.57 Å². The number of nitrogens with zero attached hydrogens (tertiary/aromatic N) is 3. The number of aromatic nitrogens is 4. The third-order valence-corrected chi connectivity index (χ3v) is 7.55. The Bertz CT molecular complexity index is 1240.